The fraction of sp³-hybridized carbons (Fsp3) is 0.381. The standard InChI is InChI=1S/C21H27N3O3S/c1-16-6-5-7-20(17(16)2)23-28(26,27)19-10-8-18(9-11-19)21(25)22-12-15-24-13-3-4-14-24/h5-11,23H,3-4,12-15H2,1-2H3,(H,22,25). The highest BCUT2D eigenvalue weighted by Crippen LogP contribution is 2.22. The van der Waals surface area contributed by atoms with E-state index < -0.39 is 10.0 Å². The second kappa shape index (κ2) is 8.75. The van der Waals surface area contributed by atoms with Crippen LogP contribution in [0.15, 0.2) is 47.4 Å². The average molecular weight is 402 g/mol. The predicted molar refractivity (Wildman–Crippen MR) is 111 cm³/mol. The summed E-state index contributed by atoms with van der Waals surface area (Å²) in [5.41, 5.74) is 2.91. The SMILES string of the molecule is Cc1cccc(NS(=O)(=O)c2ccc(C(=O)NCCN3CCCC3)cc2)c1C. The van der Waals surface area contributed by atoms with Gasteiger partial charge in [0.1, 0.15) is 0 Å². The number of rotatable bonds is 7. The van der Waals surface area contributed by atoms with Crippen molar-refractivity contribution in [2.75, 3.05) is 30.9 Å². The molecule has 1 aliphatic heterocycles. The average Bonchev–Trinajstić information content (AvgIpc) is 3.19. The van der Waals surface area contributed by atoms with E-state index in [0.29, 0.717) is 17.8 Å². The van der Waals surface area contributed by atoms with Crippen LogP contribution in [0.25, 0.3) is 0 Å². The molecule has 1 saturated heterocycles. The maximum atomic E-state index is 12.6. The lowest BCUT2D eigenvalue weighted by Gasteiger charge is -2.15. The van der Waals surface area contributed by atoms with Gasteiger partial charge in [0.2, 0.25) is 0 Å². The molecule has 2 aromatic rings. The Bertz CT molecular complexity index is 934. The van der Waals surface area contributed by atoms with Gasteiger partial charge in [0, 0.05) is 18.7 Å². The fourth-order valence-electron chi connectivity index (χ4n) is 3.29. The molecule has 7 heteroatoms. The van der Waals surface area contributed by atoms with Crippen molar-refractivity contribution in [2.45, 2.75) is 31.6 Å². The Balaban J connectivity index is 1.62. The topological polar surface area (TPSA) is 78.5 Å². The van der Waals surface area contributed by atoms with Crippen LogP contribution in [-0.4, -0.2) is 45.4 Å². The maximum Gasteiger partial charge on any atom is 0.261 e. The Morgan fingerprint density at radius 3 is 2.39 bits per heavy atom. The van der Waals surface area contributed by atoms with Gasteiger partial charge in [-0.3, -0.25) is 9.52 Å². The number of hydrogen-bond acceptors (Lipinski definition) is 4. The Morgan fingerprint density at radius 1 is 1.04 bits per heavy atom. The van der Waals surface area contributed by atoms with Crippen LogP contribution >= 0.6 is 0 Å². The maximum absolute atomic E-state index is 12.6. The van der Waals surface area contributed by atoms with Crippen molar-refractivity contribution in [1.29, 1.82) is 0 Å². The Hall–Kier alpha value is -2.38. The number of anilines is 1. The van der Waals surface area contributed by atoms with Crippen molar-refractivity contribution in [1.82, 2.24) is 10.2 Å². The molecule has 1 amide bonds. The third kappa shape index (κ3) is 4.91. The molecule has 1 aliphatic rings. The smallest absolute Gasteiger partial charge is 0.261 e. The second-order valence-electron chi connectivity index (χ2n) is 7.18. The zero-order valence-electron chi connectivity index (χ0n) is 16.4. The largest absolute Gasteiger partial charge is 0.351 e. The van der Waals surface area contributed by atoms with Gasteiger partial charge in [-0.1, -0.05) is 12.1 Å². The van der Waals surface area contributed by atoms with E-state index in [1.54, 1.807) is 18.2 Å². The van der Waals surface area contributed by atoms with E-state index in [1.807, 2.05) is 26.0 Å². The summed E-state index contributed by atoms with van der Waals surface area (Å²) < 4.78 is 27.9. The number of sulfonamides is 1. The first-order valence-electron chi connectivity index (χ1n) is 9.56. The van der Waals surface area contributed by atoms with E-state index in [0.717, 1.165) is 30.8 Å². The van der Waals surface area contributed by atoms with E-state index in [9.17, 15) is 13.2 Å². The summed E-state index contributed by atoms with van der Waals surface area (Å²) in [5, 5.41) is 2.89. The number of carbonyl (C=O) groups excluding carboxylic acids is 1. The van der Waals surface area contributed by atoms with Gasteiger partial charge < -0.3 is 10.2 Å². The lowest BCUT2D eigenvalue weighted by Crippen LogP contribution is -2.33. The number of carbonyl (C=O) groups is 1. The van der Waals surface area contributed by atoms with Crippen LogP contribution in [-0.2, 0) is 10.0 Å². The summed E-state index contributed by atoms with van der Waals surface area (Å²) in [4.78, 5) is 14.7. The van der Waals surface area contributed by atoms with Gasteiger partial charge in [0.15, 0.2) is 0 Å². The number of hydrogen-bond donors (Lipinski definition) is 2. The molecule has 0 bridgehead atoms. The van der Waals surface area contributed by atoms with Gasteiger partial charge >= 0.3 is 0 Å². The van der Waals surface area contributed by atoms with Crippen molar-refractivity contribution < 1.29 is 13.2 Å². The number of amides is 1. The molecule has 3 rings (SSSR count). The highest BCUT2D eigenvalue weighted by Gasteiger charge is 2.17. The first-order valence-corrected chi connectivity index (χ1v) is 11.0. The van der Waals surface area contributed by atoms with Gasteiger partial charge in [-0.05, 0) is 81.2 Å². The number of likely N-dealkylation sites (tertiary alicyclic amines) is 1. The minimum absolute atomic E-state index is 0.127. The molecule has 6 nitrogen and oxygen atoms in total. The zero-order valence-corrected chi connectivity index (χ0v) is 17.2. The number of nitrogens with zero attached hydrogens (tertiary/aromatic N) is 1. The van der Waals surface area contributed by atoms with E-state index >= 15 is 0 Å². The zero-order chi connectivity index (χ0) is 20.1. The van der Waals surface area contributed by atoms with Gasteiger partial charge in [-0.15, -0.1) is 0 Å². The highest BCUT2D eigenvalue weighted by atomic mass is 32.2. The molecule has 0 aromatic heterocycles. The van der Waals surface area contributed by atoms with Crippen LogP contribution in [0.1, 0.15) is 34.3 Å². The molecule has 2 N–H and O–H groups in total. The Kier molecular flexibility index (Phi) is 6.36. The minimum Gasteiger partial charge on any atom is -0.351 e. The summed E-state index contributed by atoms with van der Waals surface area (Å²) in [7, 11) is -3.71. The molecular weight excluding hydrogens is 374 g/mol. The molecule has 0 spiro atoms. The predicted octanol–water partition coefficient (Wildman–Crippen LogP) is 2.93. The lowest BCUT2D eigenvalue weighted by molar-refractivity contribution is 0.0949. The fourth-order valence-corrected chi connectivity index (χ4v) is 4.41. The molecule has 0 saturated carbocycles. The van der Waals surface area contributed by atoms with Crippen LogP contribution in [0.3, 0.4) is 0 Å². The van der Waals surface area contributed by atoms with Crippen LogP contribution in [0.5, 0.6) is 0 Å². The quantitative estimate of drug-likeness (QED) is 0.748. The molecule has 150 valence electrons. The van der Waals surface area contributed by atoms with Gasteiger partial charge in [-0.2, -0.15) is 0 Å². The van der Waals surface area contributed by atoms with Gasteiger partial charge in [-0.25, -0.2) is 8.42 Å². The Labute approximate surface area is 167 Å². The van der Waals surface area contributed by atoms with Crippen molar-refractivity contribution in [3.05, 3.63) is 59.2 Å². The van der Waals surface area contributed by atoms with Gasteiger partial charge in [0.25, 0.3) is 15.9 Å². The molecule has 28 heavy (non-hydrogen) atoms. The Morgan fingerprint density at radius 2 is 1.71 bits per heavy atom. The second-order valence-corrected chi connectivity index (χ2v) is 8.86. The highest BCUT2D eigenvalue weighted by molar-refractivity contribution is 7.92. The van der Waals surface area contributed by atoms with Crippen LogP contribution in [0.2, 0.25) is 0 Å². The minimum atomic E-state index is -3.71. The molecule has 2 aromatic carbocycles. The van der Waals surface area contributed by atoms with E-state index in [-0.39, 0.29) is 10.8 Å². The molecule has 0 radical (unpaired) electrons. The van der Waals surface area contributed by atoms with Crippen molar-refractivity contribution in [3.8, 4) is 0 Å². The lowest BCUT2D eigenvalue weighted by atomic mass is 10.1. The molecule has 1 heterocycles. The summed E-state index contributed by atoms with van der Waals surface area (Å²) in [5.74, 6) is -0.189. The molecular formula is C21H27N3O3S. The van der Waals surface area contributed by atoms with E-state index in [2.05, 4.69) is 14.9 Å². The molecule has 1 fully saturated rings. The van der Waals surface area contributed by atoms with E-state index in [1.165, 1.54) is 25.0 Å². The first-order chi connectivity index (χ1) is 13.4. The van der Waals surface area contributed by atoms with Crippen molar-refractivity contribution in [2.24, 2.45) is 0 Å². The van der Waals surface area contributed by atoms with Crippen molar-refractivity contribution in [3.63, 3.8) is 0 Å². The molecule has 0 aliphatic carbocycles. The van der Waals surface area contributed by atoms with Crippen LogP contribution in [0, 0.1) is 13.8 Å². The summed E-state index contributed by atoms with van der Waals surface area (Å²) in [6.07, 6.45) is 2.44. The number of nitrogens with one attached hydrogen (secondary N) is 2. The van der Waals surface area contributed by atoms with Crippen LogP contribution in [0.4, 0.5) is 5.69 Å². The monoisotopic (exact) mass is 401 g/mol. The van der Waals surface area contributed by atoms with E-state index in [4.69, 9.17) is 0 Å². The summed E-state index contributed by atoms with van der Waals surface area (Å²) >= 11 is 0. The molecule has 0 atom stereocenters. The van der Waals surface area contributed by atoms with Gasteiger partial charge in [0.05, 0.1) is 10.6 Å². The third-order valence-electron chi connectivity index (χ3n) is 5.19. The number of benzene rings is 2. The number of aryl methyl sites for hydroxylation is 1. The first kappa shape index (κ1) is 20.4. The molecule has 0 unspecified atom stereocenters. The normalized spacial score (nSPS) is 14.8. The van der Waals surface area contributed by atoms with Crippen LogP contribution < -0.4 is 10.0 Å². The summed E-state index contributed by atoms with van der Waals surface area (Å²) in [6, 6.07) is 11.5. The van der Waals surface area contributed by atoms with Crippen molar-refractivity contribution >= 4 is 21.6 Å². The third-order valence-corrected chi connectivity index (χ3v) is 6.57. The summed E-state index contributed by atoms with van der Waals surface area (Å²) in [6.45, 7) is 7.43.